The topological polar surface area (TPSA) is 610 Å². The van der Waals surface area contributed by atoms with Crippen molar-refractivity contribution in [3.63, 3.8) is 0 Å². The normalized spacial score (nSPS) is 24.1. The van der Waals surface area contributed by atoms with E-state index in [9.17, 15) is 76.4 Å². The molecule has 48 heteroatoms. The summed E-state index contributed by atoms with van der Waals surface area (Å²) in [6.07, 6.45) is -8.83. The summed E-state index contributed by atoms with van der Waals surface area (Å²) in [7, 11) is -34.1. The van der Waals surface area contributed by atoms with Crippen molar-refractivity contribution in [3.8, 4) is 0 Å². The number of hydrogen-bond acceptors (Lipinski definition) is 28. The molecule has 12 unspecified atom stereocenters. The third-order valence-electron chi connectivity index (χ3n) is 10.5. The van der Waals surface area contributed by atoms with Gasteiger partial charge in [0.25, 0.3) is 11.1 Å². The van der Waals surface area contributed by atoms with Gasteiger partial charge in [-0.1, -0.05) is 31.9 Å². The Balaban J connectivity index is 0.000000236. The fraction of sp³-hybridized carbons (Fsp3) is 0.294. The maximum absolute atomic E-state index is 13.0. The van der Waals surface area contributed by atoms with Crippen LogP contribution in [0.15, 0.2) is 80.2 Å². The molecule has 2 aliphatic rings. The molecule has 2 aliphatic heterocycles. The van der Waals surface area contributed by atoms with E-state index in [4.69, 9.17) is 50.0 Å². The lowest BCUT2D eigenvalue weighted by molar-refractivity contribution is -0.0558. The van der Waals surface area contributed by atoms with Crippen molar-refractivity contribution >= 4 is 124 Å². The third kappa shape index (κ3) is 16.4. The predicted octanol–water partition coefficient (Wildman–Crippen LogP) is 0.583. The van der Waals surface area contributed by atoms with Crippen molar-refractivity contribution in [1.29, 1.82) is 0 Å². The van der Waals surface area contributed by atoms with Crippen LogP contribution in [0, 0.1) is 0 Å². The van der Waals surface area contributed by atoms with Crippen LogP contribution in [0.1, 0.15) is 33.2 Å². The van der Waals surface area contributed by atoms with E-state index in [1.165, 1.54) is 24.3 Å². The average molecular weight is 1410 g/mol. The number of hydrogen-bond donors (Lipinski definition) is 14. The maximum Gasteiger partial charge on any atom is 0.490 e. The van der Waals surface area contributed by atoms with E-state index in [1.807, 2.05) is 0 Å². The SMILES string of the molecule is Nc1ccc(Br)cc1C(=O)OC1C(COP(=O)(O)OP(=O)(O)OP(=O)(O)O)OC(n2cnc3c(=O)[nH]cnc32)C1O.Nc1ccc(Br)cc1C(=O)OC1C(O)C(COP(=O)(O)OP(=O)(O)OP(=O)(O)O)OC1n1cnc2c(=O)[nH]cnc21. The molecule has 0 saturated carbocycles. The fourth-order valence-electron chi connectivity index (χ4n) is 7.26. The number of fused-ring (bicyclic) bond motifs is 2. The number of aliphatic hydroxyl groups is 2. The molecule has 12 atom stereocenters. The third-order valence-corrected chi connectivity index (χ3v) is 19.1. The molecule has 8 rings (SSSR count). The summed E-state index contributed by atoms with van der Waals surface area (Å²) in [5.41, 5.74) is 9.79. The minimum absolute atomic E-state index is 0.00278. The predicted molar refractivity (Wildman–Crippen MR) is 271 cm³/mol. The van der Waals surface area contributed by atoms with Crippen LogP contribution in [-0.2, 0) is 72.6 Å². The number of halogens is 2. The number of carbonyl (C=O) groups excluding carboxylic acids is 2. The van der Waals surface area contributed by atoms with Crippen LogP contribution < -0.4 is 22.6 Å². The number of imidazole rings is 2. The molecule has 6 aromatic rings. The van der Waals surface area contributed by atoms with Crippen LogP contribution in [0.3, 0.4) is 0 Å². The average Bonchev–Trinajstić information content (AvgIpc) is 2.56. The van der Waals surface area contributed by atoms with Crippen molar-refractivity contribution in [3.05, 3.63) is 102 Å². The number of nitrogens with zero attached hydrogens (tertiary/aromatic N) is 6. The van der Waals surface area contributed by atoms with Gasteiger partial charge in [-0.3, -0.25) is 27.8 Å². The first-order valence-corrected chi connectivity index (χ1v) is 32.1. The molecule has 4 aromatic heterocycles. The van der Waals surface area contributed by atoms with Gasteiger partial charge in [-0.15, -0.1) is 0 Å². The number of anilines is 2. The molecule has 16 N–H and O–H groups in total. The number of nitrogens with one attached hydrogen (secondary N) is 2. The first kappa shape index (κ1) is 64.9. The molecular weight excluding hydrogens is 1370 g/mol. The fourth-order valence-corrected chi connectivity index (χ4v) is 14.0. The van der Waals surface area contributed by atoms with E-state index in [2.05, 4.69) is 88.1 Å². The Bertz CT molecular complexity index is 3840. The van der Waals surface area contributed by atoms with Crippen LogP contribution in [-0.4, -0.2) is 150 Å². The molecular formula is C34H38Br2N10O30P6. The van der Waals surface area contributed by atoms with Gasteiger partial charge in [-0.2, -0.15) is 17.2 Å². The monoisotopic (exact) mass is 1410 g/mol. The van der Waals surface area contributed by atoms with Crippen LogP contribution in [0.25, 0.3) is 22.3 Å². The van der Waals surface area contributed by atoms with E-state index in [0.29, 0.717) is 8.95 Å². The second-order valence-electron chi connectivity index (χ2n) is 16.2. The number of H-pyrrole nitrogens is 2. The lowest BCUT2D eigenvalue weighted by Crippen LogP contribution is -2.38. The van der Waals surface area contributed by atoms with E-state index >= 15 is 0 Å². The van der Waals surface area contributed by atoms with Crippen LogP contribution in [0.5, 0.6) is 0 Å². The van der Waals surface area contributed by atoms with Crippen molar-refractivity contribution in [2.45, 2.75) is 49.1 Å². The number of benzene rings is 2. The molecule has 0 aliphatic carbocycles. The molecule has 0 spiro atoms. The van der Waals surface area contributed by atoms with Gasteiger partial charge in [0.2, 0.25) is 0 Å². The highest BCUT2D eigenvalue weighted by atomic mass is 79.9. The number of nitrogen functional groups attached to an aromatic ring is 2. The first-order valence-electron chi connectivity index (χ1n) is 21.5. The molecule has 0 amide bonds. The number of ether oxygens (including phenoxy) is 4. The Hall–Kier alpha value is -4.70. The van der Waals surface area contributed by atoms with Gasteiger partial charge in [0.05, 0.1) is 49.6 Å². The Kier molecular flexibility index (Phi) is 19.8. The molecule has 2 aromatic carbocycles. The number of aliphatic hydroxyl groups excluding tert-OH is 2. The highest BCUT2D eigenvalue weighted by molar-refractivity contribution is 9.10. The van der Waals surface area contributed by atoms with Crippen molar-refractivity contribution in [2.75, 3.05) is 24.7 Å². The zero-order valence-electron chi connectivity index (χ0n) is 39.7. The van der Waals surface area contributed by atoms with Crippen LogP contribution in [0.4, 0.5) is 11.4 Å². The van der Waals surface area contributed by atoms with E-state index in [1.54, 1.807) is 12.1 Å². The summed E-state index contributed by atoms with van der Waals surface area (Å²) in [6, 6.07) is 8.55. The Morgan fingerprint density at radius 2 is 0.976 bits per heavy atom. The Labute approximate surface area is 469 Å². The maximum atomic E-state index is 13.0. The van der Waals surface area contributed by atoms with E-state index in [0.717, 1.165) is 34.4 Å². The number of nitrogens with two attached hydrogens (primary N) is 2. The zero-order valence-corrected chi connectivity index (χ0v) is 48.3. The lowest BCUT2D eigenvalue weighted by atomic mass is 10.1. The summed E-state index contributed by atoms with van der Waals surface area (Å²) in [4.78, 5) is 143. The molecule has 2 saturated heterocycles. The minimum atomic E-state index is -5.83. The number of aromatic amines is 2. The summed E-state index contributed by atoms with van der Waals surface area (Å²) in [5.74, 6) is -2.09. The Morgan fingerprint density at radius 3 is 1.41 bits per heavy atom. The van der Waals surface area contributed by atoms with Gasteiger partial charge in [0.1, 0.15) is 24.4 Å². The quantitative estimate of drug-likeness (QED) is 0.0282. The van der Waals surface area contributed by atoms with Crippen molar-refractivity contribution in [2.24, 2.45) is 0 Å². The molecule has 0 radical (unpaired) electrons. The van der Waals surface area contributed by atoms with Crippen molar-refractivity contribution < 1.29 is 132 Å². The van der Waals surface area contributed by atoms with Gasteiger partial charge in [-0.25, -0.2) is 56.9 Å². The number of rotatable bonds is 20. The minimum Gasteiger partial charge on any atom is -0.453 e. The van der Waals surface area contributed by atoms with E-state index in [-0.39, 0.29) is 44.8 Å². The summed E-state index contributed by atoms with van der Waals surface area (Å²) in [6.45, 7) is -2.15. The van der Waals surface area contributed by atoms with Gasteiger partial charge >= 0.3 is 58.9 Å². The van der Waals surface area contributed by atoms with Gasteiger partial charge < -0.3 is 89.7 Å². The highest BCUT2D eigenvalue weighted by Gasteiger charge is 2.52. The van der Waals surface area contributed by atoms with Gasteiger partial charge in [0, 0.05) is 20.3 Å². The molecule has 6 heterocycles. The number of phosphoric acid groups is 6. The number of aromatic nitrogens is 8. The van der Waals surface area contributed by atoms with Gasteiger partial charge in [0.15, 0.2) is 47.0 Å². The molecule has 2 fully saturated rings. The molecule has 40 nitrogen and oxygen atoms in total. The number of carbonyl (C=O) groups is 2. The Morgan fingerprint density at radius 1 is 0.573 bits per heavy atom. The largest absolute Gasteiger partial charge is 0.490 e. The highest BCUT2D eigenvalue weighted by Crippen LogP contribution is 2.67. The van der Waals surface area contributed by atoms with Crippen LogP contribution in [0.2, 0.25) is 0 Å². The van der Waals surface area contributed by atoms with E-state index < -0.39 is 132 Å². The lowest BCUT2D eigenvalue weighted by Gasteiger charge is -2.22. The number of phosphoric ester groups is 2. The van der Waals surface area contributed by atoms with Gasteiger partial charge in [-0.05, 0) is 36.4 Å². The summed E-state index contributed by atoms with van der Waals surface area (Å²) >= 11 is 6.37. The molecule has 448 valence electrons. The zero-order chi connectivity index (χ0) is 60.7. The second-order valence-corrected chi connectivity index (χ2v) is 26.9. The smallest absolute Gasteiger partial charge is 0.453 e. The number of esters is 2. The first-order chi connectivity index (χ1) is 37.9. The summed E-state index contributed by atoms with van der Waals surface area (Å²) in [5, 5.41) is 22.0. The molecule has 0 bridgehead atoms. The van der Waals surface area contributed by atoms with Crippen LogP contribution >= 0.6 is 78.8 Å². The van der Waals surface area contributed by atoms with Crippen molar-refractivity contribution in [1.82, 2.24) is 39.0 Å². The molecule has 82 heavy (non-hydrogen) atoms. The second kappa shape index (κ2) is 25.1. The standard InChI is InChI=1S/2C17H19BrN5O15P3/c18-7-1-2-9(19)8(3-7)17(26)36-13-10(4-34-40(30,31)38-41(32,33)37-39(27,28)29)35-16(12(13)24)23-6-22-11-14(23)20-5-21-15(11)25;18-7-1-2-9(19)8(3-7)17(26)36-13-12(24)10(4-34-40(30,31)38-41(32,33)37-39(27,28)29)35-16(13)23-6-22-11-14(23)20-5-21-15(11)25/h2*1-3,5-6,10,12-13,16,24H,4,19H2,(H,30,31)(H,32,33)(H,20,21,25)(H2,27,28,29). The summed E-state index contributed by atoms with van der Waals surface area (Å²) < 4.78 is 118.